The molecule has 0 bridgehead atoms. The average Bonchev–Trinajstić information content (AvgIpc) is 3.00. The van der Waals surface area contributed by atoms with Crippen LogP contribution in [0.4, 0.5) is 0 Å². The Morgan fingerprint density at radius 2 is 1.91 bits per heavy atom. The van der Waals surface area contributed by atoms with E-state index in [2.05, 4.69) is 5.32 Å². The minimum absolute atomic E-state index is 0.0201. The summed E-state index contributed by atoms with van der Waals surface area (Å²) in [6.07, 6.45) is 1.71. The van der Waals surface area contributed by atoms with Gasteiger partial charge in [0.1, 0.15) is 10.6 Å². The molecule has 0 aromatic heterocycles. The number of sulfonamides is 1. The molecule has 0 radical (unpaired) electrons. The predicted octanol–water partition coefficient (Wildman–Crippen LogP) is 1.62. The Kier molecular flexibility index (Phi) is 5.08. The summed E-state index contributed by atoms with van der Waals surface area (Å²) in [5, 5.41) is 2.76. The van der Waals surface area contributed by atoms with Gasteiger partial charge in [0, 0.05) is 24.7 Å². The quantitative estimate of drug-likeness (QED) is 0.892. The van der Waals surface area contributed by atoms with Gasteiger partial charge in [0.2, 0.25) is 10.0 Å². The molecule has 0 aliphatic carbocycles. The highest BCUT2D eigenvalue weighted by Gasteiger charge is 2.30. The number of methoxy groups -OCH3 is 1. The number of hydrogen-bond donors (Lipinski definition) is 1. The normalized spacial score (nSPS) is 16.0. The molecule has 1 amide bonds. The van der Waals surface area contributed by atoms with Gasteiger partial charge in [-0.2, -0.15) is 4.31 Å². The Labute approximate surface area is 131 Å². The third-order valence-corrected chi connectivity index (χ3v) is 5.45. The zero-order valence-corrected chi connectivity index (χ0v) is 13.9. The molecule has 0 spiro atoms. The minimum atomic E-state index is -3.64. The molecule has 1 aliphatic rings. The lowest BCUT2D eigenvalue weighted by molar-refractivity contribution is 0.0943. The van der Waals surface area contributed by atoms with E-state index in [0.717, 1.165) is 12.8 Å². The van der Waals surface area contributed by atoms with Crippen LogP contribution in [0.15, 0.2) is 23.1 Å². The van der Waals surface area contributed by atoms with E-state index < -0.39 is 10.0 Å². The van der Waals surface area contributed by atoms with Crippen molar-refractivity contribution in [2.75, 3.05) is 20.2 Å². The number of rotatable bonds is 5. The van der Waals surface area contributed by atoms with Crippen molar-refractivity contribution in [2.45, 2.75) is 37.6 Å². The van der Waals surface area contributed by atoms with Crippen LogP contribution in [0.2, 0.25) is 0 Å². The maximum absolute atomic E-state index is 12.7. The van der Waals surface area contributed by atoms with Gasteiger partial charge in [-0.3, -0.25) is 4.79 Å². The first-order valence-electron chi connectivity index (χ1n) is 7.35. The number of carbonyl (C=O) groups excluding carboxylic acids is 1. The number of nitrogens with one attached hydrogen (secondary N) is 1. The summed E-state index contributed by atoms with van der Waals surface area (Å²) in [4.78, 5) is 12.1. The molecule has 1 aliphatic heterocycles. The van der Waals surface area contributed by atoms with Crippen molar-refractivity contribution in [1.82, 2.24) is 9.62 Å². The molecule has 1 saturated heterocycles. The Hall–Kier alpha value is -1.60. The van der Waals surface area contributed by atoms with Gasteiger partial charge in [0.15, 0.2) is 0 Å². The van der Waals surface area contributed by atoms with E-state index in [1.54, 1.807) is 6.07 Å². The highest BCUT2D eigenvalue weighted by atomic mass is 32.2. The van der Waals surface area contributed by atoms with E-state index in [1.165, 1.54) is 23.5 Å². The zero-order valence-electron chi connectivity index (χ0n) is 13.1. The monoisotopic (exact) mass is 326 g/mol. The third-order valence-electron chi connectivity index (χ3n) is 3.53. The summed E-state index contributed by atoms with van der Waals surface area (Å²) in [5.74, 6) is -0.0384. The van der Waals surface area contributed by atoms with Crippen LogP contribution in [0.1, 0.15) is 37.0 Å². The summed E-state index contributed by atoms with van der Waals surface area (Å²) in [7, 11) is -2.21. The van der Waals surface area contributed by atoms with Gasteiger partial charge in [-0.05, 0) is 44.9 Å². The fraction of sp³-hybridized carbons (Fsp3) is 0.533. The molecule has 6 nitrogen and oxygen atoms in total. The standard InChI is InChI=1S/C15H22N2O4S/c1-11(2)16-15(18)12-6-7-13(21-3)14(10-12)22(19,20)17-8-4-5-9-17/h6-7,10-11H,4-5,8-9H2,1-3H3,(H,16,18). The molecule has 1 heterocycles. The molecule has 1 N–H and O–H groups in total. The molecule has 22 heavy (non-hydrogen) atoms. The maximum Gasteiger partial charge on any atom is 0.251 e. The van der Waals surface area contributed by atoms with E-state index >= 15 is 0 Å². The van der Waals surface area contributed by atoms with Crippen LogP contribution in [0, 0.1) is 0 Å². The first-order chi connectivity index (χ1) is 10.4. The van der Waals surface area contributed by atoms with Crippen LogP contribution in [-0.2, 0) is 10.0 Å². The van der Waals surface area contributed by atoms with Gasteiger partial charge < -0.3 is 10.1 Å². The zero-order chi connectivity index (χ0) is 16.3. The fourth-order valence-electron chi connectivity index (χ4n) is 2.43. The molecule has 1 aromatic rings. The van der Waals surface area contributed by atoms with Crippen LogP contribution in [0.3, 0.4) is 0 Å². The molecule has 0 unspecified atom stereocenters. The minimum Gasteiger partial charge on any atom is -0.495 e. The molecule has 0 atom stereocenters. The topological polar surface area (TPSA) is 75.7 Å². The second-order valence-electron chi connectivity index (χ2n) is 5.60. The van der Waals surface area contributed by atoms with E-state index in [1.807, 2.05) is 13.8 Å². The van der Waals surface area contributed by atoms with E-state index in [-0.39, 0.29) is 22.6 Å². The lowest BCUT2D eigenvalue weighted by atomic mass is 10.2. The number of nitrogens with zero attached hydrogens (tertiary/aromatic N) is 1. The van der Waals surface area contributed by atoms with Gasteiger partial charge in [0.25, 0.3) is 5.91 Å². The number of ether oxygens (including phenoxy) is 1. The molecule has 1 fully saturated rings. The Morgan fingerprint density at radius 1 is 1.27 bits per heavy atom. The Morgan fingerprint density at radius 3 is 2.45 bits per heavy atom. The van der Waals surface area contributed by atoms with E-state index in [0.29, 0.717) is 18.7 Å². The van der Waals surface area contributed by atoms with Crippen LogP contribution in [0.25, 0.3) is 0 Å². The predicted molar refractivity (Wildman–Crippen MR) is 83.6 cm³/mol. The van der Waals surface area contributed by atoms with Gasteiger partial charge in [-0.25, -0.2) is 8.42 Å². The van der Waals surface area contributed by atoms with Crippen LogP contribution >= 0.6 is 0 Å². The van der Waals surface area contributed by atoms with Crippen molar-refractivity contribution < 1.29 is 17.9 Å². The number of carbonyl (C=O) groups is 1. The van der Waals surface area contributed by atoms with Crippen LogP contribution in [0.5, 0.6) is 5.75 Å². The number of benzene rings is 1. The largest absolute Gasteiger partial charge is 0.495 e. The second kappa shape index (κ2) is 6.66. The number of hydrogen-bond acceptors (Lipinski definition) is 4. The van der Waals surface area contributed by atoms with Gasteiger partial charge in [-0.1, -0.05) is 0 Å². The molecule has 1 aromatic carbocycles. The second-order valence-corrected chi connectivity index (χ2v) is 7.51. The van der Waals surface area contributed by atoms with Crippen LogP contribution < -0.4 is 10.1 Å². The van der Waals surface area contributed by atoms with Gasteiger partial charge in [-0.15, -0.1) is 0 Å². The van der Waals surface area contributed by atoms with E-state index in [4.69, 9.17) is 4.74 Å². The summed E-state index contributed by atoms with van der Waals surface area (Å²) in [6, 6.07) is 4.47. The molecule has 122 valence electrons. The third kappa shape index (κ3) is 3.41. The molecule has 7 heteroatoms. The summed E-state index contributed by atoms with van der Waals surface area (Å²) in [5.41, 5.74) is 0.312. The molecule has 0 saturated carbocycles. The first-order valence-corrected chi connectivity index (χ1v) is 8.79. The van der Waals surface area contributed by atoms with Crippen molar-refractivity contribution in [3.8, 4) is 5.75 Å². The highest BCUT2D eigenvalue weighted by molar-refractivity contribution is 7.89. The summed E-state index contributed by atoms with van der Waals surface area (Å²) < 4.78 is 32.1. The lowest BCUT2D eigenvalue weighted by Gasteiger charge is -2.18. The highest BCUT2D eigenvalue weighted by Crippen LogP contribution is 2.29. The van der Waals surface area contributed by atoms with E-state index in [9.17, 15) is 13.2 Å². The summed E-state index contributed by atoms with van der Waals surface area (Å²) >= 11 is 0. The smallest absolute Gasteiger partial charge is 0.251 e. The number of amides is 1. The fourth-order valence-corrected chi connectivity index (χ4v) is 4.13. The van der Waals surface area contributed by atoms with Crippen molar-refractivity contribution in [3.05, 3.63) is 23.8 Å². The van der Waals surface area contributed by atoms with Gasteiger partial charge in [0.05, 0.1) is 7.11 Å². The van der Waals surface area contributed by atoms with Crippen molar-refractivity contribution in [1.29, 1.82) is 0 Å². The first kappa shape index (κ1) is 16.8. The molecule has 2 rings (SSSR count). The summed E-state index contributed by atoms with van der Waals surface area (Å²) in [6.45, 7) is 4.72. The molecular formula is C15H22N2O4S. The van der Waals surface area contributed by atoms with Crippen molar-refractivity contribution in [3.63, 3.8) is 0 Å². The average molecular weight is 326 g/mol. The van der Waals surface area contributed by atoms with Gasteiger partial charge >= 0.3 is 0 Å². The lowest BCUT2D eigenvalue weighted by Crippen LogP contribution is -2.31. The Bertz CT molecular complexity index is 650. The van der Waals surface area contributed by atoms with Crippen LogP contribution in [-0.4, -0.2) is 44.9 Å². The SMILES string of the molecule is COc1ccc(C(=O)NC(C)C)cc1S(=O)(=O)N1CCCC1. The maximum atomic E-state index is 12.7. The Balaban J connectivity index is 2.42. The molecular weight excluding hydrogens is 304 g/mol. The van der Waals surface area contributed by atoms with Crippen molar-refractivity contribution in [2.24, 2.45) is 0 Å². The van der Waals surface area contributed by atoms with Crippen molar-refractivity contribution >= 4 is 15.9 Å².